The van der Waals surface area contributed by atoms with Gasteiger partial charge < -0.3 is 10.6 Å². The summed E-state index contributed by atoms with van der Waals surface area (Å²) in [5.74, 6) is 1.60. The summed E-state index contributed by atoms with van der Waals surface area (Å²) >= 11 is 0. The summed E-state index contributed by atoms with van der Waals surface area (Å²) in [4.78, 5) is 4.69. The van der Waals surface area contributed by atoms with Gasteiger partial charge in [0.2, 0.25) is 0 Å². The summed E-state index contributed by atoms with van der Waals surface area (Å²) in [6, 6.07) is 14.5. The molecular formula is C21H29IN6. The van der Waals surface area contributed by atoms with Crippen molar-refractivity contribution >= 4 is 35.6 Å². The first-order valence-electron chi connectivity index (χ1n) is 9.37. The van der Waals surface area contributed by atoms with E-state index >= 15 is 0 Å². The SMILES string of the molecule is CCNC(=NCc1nnc2ccccn12)NCC(C)(C)c1cccc(C)c1.I. The molecule has 7 heteroatoms. The molecule has 0 aliphatic heterocycles. The molecule has 0 saturated carbocycles. The first kappa shape index (κ1) is 22.1. The van der Waals surface area contributed by atoms with Gasteiger partial charge in [-0.05, 0) is 31.5 Å². The number of aliphatic imine (C=N–C) groups is 1. The second-order valence-corrected chi connectivity index (χ2v) is 7.35. The molecule has 3 rings (SSSR count). The number of nitrogens with zero attached hydrogens (tertiary/aromatic N) is 4. The molecule has 150 valence electrons. The van der Waals surface area contributed by atoms with E-state index in [-0.39, 0.29) is 29.4 Å². The van der Waals surface area contributed by atoms with Crippen molar-refractivity contribution in [2.75, 3.05) is 13.1 Å². The molecule has 0 unspecified atom stereocenters. The van der Waals surface area contributed by atoms with Crippen LogP contribution < -0.4 is 10.6 Å². The fraction of sp³-hybridized carbons (Fsp3) is 0.381. The highest BCUT2D eigenvalue weighted by Gasteiger charge is 2.21. The highest BCUT2D eigenvalue weighted by atomic mass is 127. The molecule has 0 radical (unpaired) electrons. The largest absolute Gasteiger partial charge is 0.357 e. The third-order valence-electron chi connectivity index (χ3n) is 4.60. The molecule has 1 aromatic carbocycles. The molecule has 6 nitrogen and oxygen atoms in total. The van der Waals surface area contributed by atoms with Crippen LogP contribution in [0.5, 0.6) is 0 Å². The quantitative estimate of drug-likeness (QED) is 0.313. The van der Waals surface area contributed by atoms with Gasteiger partial charge in [0, 0.05) is 24.7 Å². The van der Waals surface area contributed by atoms with Crippen molar-refractivity contribution in [1.29, 1.82) is 0 Å². The van der Waals surface area contributed by atoms with Gasteiger partial charge >= 0.3 is 0 Å². The van der Waals surface area contributed by atoms with Crippen LogP contribution in [-0.2, 0) is 12.0 Å². The van der Waals surface area contributed by atoms with Crippen LogP contribution in [0.3, 0.4) is 0 Å². The summed E-state index contributed by atoms with van der Waals surface area (Å²) in [5, 5.41) is 15.2. The van der Waals surface area contributed by atoms with Crippen LogP contribution in [0.15, 0.2) is 53.7 Å². The summed E-state index contributed by atoms with van der Waals surface area (Å²) in [6.45, 7) is 10.7. The van der Waals surface area contributed by atoms with Crippen molar-refractivity contribution in [3.63, 3.8) is 0 Å². The smallest absolute Gasteiger partial charge is 0.191 e. The van der Waals surface area contributed by atoms with E-state index in [1.165, 1.54) is 11.1 Å². The molecule has 0 amide bonds. The molecule has 0 fully saturated rings. The maximum atomic E-state index is 4.69. The Bertz CT molecular complexity index is 931. The van der Waals surface area contributed by atoms with Crippen LogP contribution in [0.4, 0.5) is 0 Å². The van der Waals surface area contributed by atoms with E-state index in [1.807, 2.05) is 28.8 Å². The number of aryl methyl sites for hydroxylation is 1. The molecule has 0 saturated heterocycles. The summed E-state index contributed by atoms with van der Waals surface area (Å²) in [7, 11) is 0. The maximum Gasteiger partial charge on any atom is 0.191 e. The number of guanidine groups is 1. The van der Waals surface area contributed by atoms with E-state index in [2.05, 4.69) is 72.8 Å². The Morgan fingerprint density at radius 1 is 1.11 bits per heavy atom. The molecular weight excluding hydrogens is 463 g/mol. The lowest BCUT2D eigenvalue weighted by Gasteiger charge is -2.27. The van der Waals surface area contributed by atoms with Gasteiger partial charge in [0.05, 0.1) is 0 Å². The molecule has 2 heterocycles. The standard InChI is InChI=1S/C21H28N6.HI/c1-5-22-20(23-14-19-26-25-18-11-6-7-12-27(18)19)24-15-21(3,4)17-10-8-9-16(2)13-17;/h6-13H,5,14-15H2,1-4H3,(H2,22,23,24);1H. The van der Waals surface area contributed by atoms with E-state index in [1.54, 1.807) is 0 Å². The molecule has 0 aliphatic rings. The van der Waals surface area contributed by atoms with Gasteiger partial charge in [0.25, 0.3) is 0 Å². The summed E-state index contributed by atoms with van der Waals surface area (Å²) in [5.41, 5.74) is 3.42. The van der Waals surface area contributed by atoms with Crippen molar-refractivity contribution in [1.82, 2.24) is 25.2 Å². The minimum atomic E-state index is -0.0101. The molecule has 0 spiro atoms. The second kappa shape index (κ2) is 9.86. The normalized spacial score (nSPS) is 11.9. The Labute approximate surface area is 183 Å². The number of hydrogen-bond acceptors (Lipinski definition) is 3. The molecule has 2 N–H and O–H groups in total. The zero-order valence-corrected chi connectivity index (χ0v) is 19.3. The Hall–Kier alpha value is -2.16. The first-order valence-corrected chi connectivity index (χ1v) is 9.37. The van der Waals surface area contributed by atoms with Crippen molar-refractivity contribution in [3.8, 4) is 0 Å². The molecule has 28 heavy (non-hydrogen) atoms. The van der Waals surface area contributed by atoms with Gasteiger partial charge in [-0.15, -0.1) is 34.2 Å². The zero-order valence-electron chi connectivity index (χ0n) is 16.9. The van der Waals surface area contributed by atoms with Crippen LogP contribution in [0.1, 0.15) is 37.7 Å². The lowest BCUT2D eigenvalue weighted by atomic mass is 9.84. The van der Waals surface area contributed by atoms with E-state index in [0.717, 1.165) is 30.5 Å². The highest BCUT2D eigenvalue weighted by Crippen LogP contribution is 2.23. The average molecular weight is 492 g/mol. The Kier molecular flexibility index (Phi) is 7.79. The third-order valence-corrected chi connectivity index (χ3v) is 4.60. The predicted octanol–water partition coefficient (Wildman–Crippen LogP) is 3.69. The Morgan fingerprint density at radius 3 is 2.68 bits per heavy atom. The van der Waals surface area contributed by atoms with Gasteiger partial charge in [-0.1, -0.05) is 49.7 Å². The summed E-state index contributed by atoms with van der Waals surface area (Å²) < 4.78 is 1.96. The van der Waals surface area contributed by atoms with Gasteiger partial charge in [-0.2, -0.15) is 0 Å². The fourth-order valence-electron chi connectivity index (χ4n) is 2.96. The van der Waals surface area contributed by atoms with E-state index in [9.17, 15) is 0 Å². The zero-order chi connectivity index (χ0) is 19.3. The number of rotatable bonds is 6. The molecule has 3 aromatic rings. The molecule has 0 bridgehead atoms. The minimum Gasteiger partial charge on any atom is -0.357 e. The van der Waals surface area contributed by atoms with Crippen molar-refractivity contribution < 1.29 is 0 Å². The minimum absolute atomic E-state index is 0. The monoisotopic (exact) mass is 492 g/mol. The number of nitrogens with one attached hydrogen (secondary N) is 2. The summed E-state index contributed by atoms with van der Waals surface area (Å²) in [6.07, 6.45) is 1.96. The van der Waals surface area contributed by atoms with E-state index < -0.39 is 0 Å². The number of hydrogen-bond donors (Lipinski definition) is 2. The van der Waals surface area contributed by atoms with Crippen molar-refractivity contribution in [2.45, 2.75) is 39.7 Å². The van der Waals surface area contributed by atoms with E-state index in [0.29, 0.717) is 6.54 Å². The van der Waals surface area contributed by atoms with Crippen LogP contribution in [0.2, 0.25) is 0 Å². The molecule has 0 aliphatic carbocycles. The number of fused-ring (bicyclic) bond motifs is 1. The fourth-order valence-corrected chi connectivity index (χ4v) is 2.96. The molecule has 2 aromatic heterocycles. The van der Waals surface area contributed by atoms with Crippen molar-refractivity contribution in [3.05, 3.63) is 65.6 Å². The lowest BCUT2D eigenvalue weighted by molar-refractivity contribution is 0.508. The Balaban J connectivity index is 0.00000280. The predicted molar refractivity (Wildman–Crippen MR) is 125 cm³/mol. The van der Waals surface area contributed by atoms with Crippen LogP contribution >= 0.6 is 24.0 Å². The van der Waals surface area contributed by atoms with Crippen LogP contribution in [0.25, 0.3) is 5.65 Å². The first-order chi connectivity index (χ1) is 13.0. The average Bonchev–Trinajstić information content (AvgIpc) is 3.07. The maximum absolute atomic E-state index is 4.69. The number of halogens is 1. The van der Waals surface area contributed by atoms with Crippen LogP contribution in [0, 0.1) is 6.92 Å². The third kappa shape index (κ3) is 5.43. The van der Waals surface area contributed by atoms with Gasteiger partial charge in [-0.3, -0.25) is 4.40 Å². The number of aromatic nitrogens is 3. The van der Waals surface area contributed by atoms with Crippen LogP contribution in [-0.4, -0.2) is 33.6 Å². The molecule has 0 atom stereocenters. The number of pyridine rings is 1. The number of benzene rings is 1. The highest BCUT2D eigenvalue weighted by molar-refractivity contribution is 14.0. The van der Waals surface area contributed by atoms with Crippen molar-refractivity contribution in [2.24, 2.45) is 4.99 Å². The van der Waals surface area contributed by atoms with Gasteiger partial charge in [-0.25, -0.2) is 4.99 Å². The van der Waals surface area contributed by atoms with Gasteiger partial charge in [0.15, 0.2) is 17.4 Å². The topological polar surface area (TPSA) is 66.6 Å². The van der Waals surface area contributed by atoms with Gasteiger partial charge in [0.1, 0.15) is 6.54 Å². The van der Waals surface area contributed by atoms with E-state index in [4.69, 9.17) is 4.99 Å². The lowest BCUT2D eigenvalue weighted by Crippen LogP contribution is -2.43. The second-order valence-electron chi connectivity index (χ2n) is 7.35. The Morgan fingerprint density at radius 2 is 1.93 bits per heavy atom.